The Kier molecular flexibility index (Phi) is 4.03. The monoisotopic (exact) mass is 245 g/mol. The molecule has 1 aromatic carbocycles. The summed E-state index contributed by atoms with van der Waals surface area (Å²) in [6, 6.07) is 3.68. The first kappa shape index (κ1) is 13.2. The Morgan fingerprint density at radius 1 is 1.11 bits per heavy atom. The van der Waals surface area contributed by atoms with Crippen LogP contribution in [0.2, 0.25) is 0 Å². The van der Waals surface area contributed by atoms with Crippen LogP contribution in [-0.2, 0) is 0 Å². The van der Waals surface area contributed by atoms with Gasteiger partial charge in [-0.05, 0) is 12.1 Å². The second kappa shape index (κ2) is 5.48. The van der Waals surface area contributed by atoms with Gasteiger partial charge < -0.3 is 15.3 Å². The Hall–Kier alpha value is -2.83. The molecule has 90 valence electrons. The number of nitriles is 1. The first-order chi connectivity index (χ1) is 8.51. The molecule has 0 aromatic heterocycles. The molecule has 0 heterocycles. The molecule has 0 atom stereocenters. The van der Waals surface area contributed by atoms with Gasteiger partial charge in [0.15, 0.2) is 0 Å². The molecule has 0 aliphatic carbocycles. The van der Waals surface area contributed by atoms with E-state index in [-0.39, 0.29) is 11.1 Å². The molecule has 0 amide bonds. The summed E-state index contributed by atoms with van der Waals surface area (Å²) < 4.78 is 0. The molecule has 0 radical (unpaired) electrons. The smallest absolute Gasteiger partial charge is 0.336 e. The number of aliphatic hydroxyl groups excluding tert-OH is 1. The molecular weight excluding hydrogens is 238 g/mol. The Balaban J connectivity index is 3.57. The van der Waals surface area contributed by atoms with Crippen LogP contribution in [0.5, 0.6) is 0 Å². The van der Waals surface area contributed by atoms with Crippen LogP contribution in [0.25, 0.3) is 0 Å². The summed E-state index contributed by atoms with van der Waals surface area (Å²) in [5.41, 5.74) is -0.926. The third-order valence-electron chi connectivity index (χ3n) is 2.04. The number of carboxylic acid groups (broad SMARTS) is 2. The van der Waals surface area contributed by atoms with Gasteiger partial charge in [-0.3, -0.25) is 0 Å². The molecule has 0 bridgehead atoms. The van der Waals surface area contributed by atoms with Crippen molar-refractivity contribution in [2.24, 2.45) is 0 Å². The van der Waals surface area contributed by atoms with E-state index in [1.807, 2.05) is 0 Å². The number of benzene rings is 1. The quantitative estimate of drug-likeness (QED) is 0.644. The molecule has 18 heavy (non-hydrogen) atoms. The van der Waals surface area contributed by atoms with Crippen LogP contribution >= 0.6 is 0 Å². The number of rotatable bonds is 2. The van der Waals surface area contributed by atoms with Crippen molar-refractivity contribution in [1.82, 2.24) is 0 Å². The van der Waals surface area contributed by atoms with E-state index in [1.54, 1.807) is 6.07 Å². The molecule has 6 nitrogen and oxygen atoms in total. The van der Waals surface area contributed by atoms with Crippen molar-refractivity contribution in [3.05, 3.63) is 34.4 Å². The third kappa shape index (κ3) is 2.64. The Labute approximate surface area is 102 Å². The maximum atomic E-state index is 10.9. The molecule has 0 unspecified atom stereocenters. The van der Waals surface area contributed by atoms with Crippen LogP contribution in [0.3, 0.4) is 0 Å². The van der Waals surface area contributed by atoms with Crippen molar-refractivity contribution in [2.45, 2.75) is 0 Å². The van der Waals surface area contributed by atoms with Gasteiger partial charge in [-0.25, -0.2) is 9.59 Å². The lowest BCUT2D eigenvalue weighted by molar-refractivity contribution is 0.0651. The van der Waals surface area contributed by atoms with Gasteiger partial charge in [0.2, 0.25) is 0 Å². The van der Waals surface area contributed by atoms with E-state index in [4.69, 9.17) is 20.6 Å². The average molecular weight is 245 g/mol. The van der Waals surface area contributed by atoms with E-state index in [0.717, 1.165) is 12.1 Å². The summed E-state index contributed by atoms with van der Waals surface area (Å²) in [4.78, 5) is 21.8. The fraction of sp³-hybridized carbons (Fsp3) is 0.0833. The number of carboxylic acids is 2. The van der Waals surface area contributed by atoms with Gasteiger partial charge in [-0.15, -0.1) is 0 Å². The van der Waals surface area contributed by atoms with Gasteiger partial charge >= 0.3 is 11.9 Å². The highest BCUT2D eigenvalue weighted by Gasteiger charge is 2.18. The number of hydrogen-bond donors (Lipinski definition) is 3. The van der Waals surface area contributed by atoms with Crippen LogP contribution in [0, 0.1) is 23.2 Å². The van der Waals surface area contributed by atoms with Crippen molar-refractivity contribution in [1.29, 1.82) is 5.26 Å². The summed E-state index contributed by atoms with van der Waals surface area (Å²) in [6.07, 6.45) is 0. The molecule has 6 heteroatoms. The van der Waals surface area contributed by atoms with Crippen LogP contribution in [0.4, 0.5) is 0 Å². The van der Waals surface area contributed by atoms with Crippen molar-refractivity contribution in [3.63, 3.8) is 0 Å². The third-order valence-corrected chi connectivity index (χ3v) is 2.04. The number of carbonyl (C=O) groups is 2. The molecule has 0 aliphatic rings. The highest BCUT2D eigenvalue weighted by molar-refractivity contribution is 6.02. The first-order valence-corrected chi connectivity index (χ1v) is 4.65. The zero-order valence-corrected chi connectivity index (χ0v) is 8.97. The lowest BCUT2D eigenvalue weighted by Gasteiger charge is -2.04. The molecule has 0 saturated carbocycles. The largest absolute Gasteiger partial charge is 0.478 e. The standard InChI is InChI=1S/C12H7NO5/c13-6-8-5-10(12(17)18)9(11(15)16)4-7(8)2-1-3-14/h4-5,14H,3H2,(H,15,16)(H,17,18). The molecule has 1 aromatic rings. The Bertz CT molecular complexity index is 616. The summed E-state index contributed by atoms with van der Waals surface area (Å²) in [5, 5.41) is 35.1. The SMILES string of the molecule is N#Cc1cc(C(=O)O)c(C(=O)O)cc1C#CCO. The Morgan fingerprint density at radius 2 is 1.61 bits per heavy atom. The van der Waals surface area contributed by atoms with Crippen molar-refractivity contribution >= 4 is 11.9 Å². The molecule has 3 N–H and O–H groups in total. The molecule has 0 fully saturated rings. The minimum absolute atomic E-state index is 0.0571. The summed E-state index contributed by atoms with van der Waals surface area (Å²) in [6.45, 7) is -0.450. The summed E-state index contributed by atoms with van der Waals surface area (Å²) in [7, 11) is 0. The number of aromatic carboxylic acids is 2. The van der Waals surface area contributed by atoms with Crippen molar-refractivity contribution < 1.29 is 24.9 Å². The summed E-state index contributed by atoms with van der Waals surface area (Å²) in [5.74, 6) is 1.80. The Morgan fingerprint density at radius 3 is 2.00 bits per heavy atom. The second-order valence-electron chi connectivity index (χ2n) is 3.13. The van der Waals surface area contributed by atoms with Gasteiger partial charge in [0.05, 0.1) is 16.7 Å². The maximum absolute atomic E-state index is 10.9. The van der Waals surface area contributed by atoms with Gasteiger partial charge in [-0.1, -0.05) is 11.8 Å². The number of nitrogens with zero attached hydrogens (tertiary/aromatic N) is 1. The molecular formula is C12H7NO5. The van der Waals surface area contributed by atoms with Gasteiger partial charge in [0, 0.05) is 5.56 Å². The fourth-order valence-electron chi connectivity index (χ4n) is 1.28. The van der Waals surface area contributed by atoms with Crippen LogP contribution in [0.1, 0.15) is 31.8 Å². The molecule has 0 spiro atoms. The van der Waals surface area contributed by atoms with E-state index in [2.05, 4.69) is 11.8 Å². The zero-order valence-electron chi connectivity index (χ0n) is 8.97. The van der Waals surface area contributed by atoms with Crippen LogP contribution in [0.15, 0.2) is 12.1 Å². The highest BCUT2D eigenvalue weighted by atomic mass is 16.4. The molecule has 1 rings (SSSR count). The predicted octanol–water partition coefficient (Wildman–Crippen LogP) is 0.298. The van der Waals surface area contributed by atoms with Gasteiger partial charge in [0.25, 0.3) is 0 Å². The predicted molar refractivity (Wildman–Crippen MR) is 59.0 cm³/mol. The average Bonchev–Trinajstić information content (AvgIpc) is 2.34. The normalized spacial score (nSPS) is 8.89. The maximum Gasteiger partial charge on any atom is 0.336 e. The van der Waals surface area contributed by atoms with Crippen molar-refractivity contribution in [2.75, 3.05) is 6.61 Å². The second-order valence-corrected chi connectivity index (χ2v) is 3.13. The van der Waals surface area contributed by atoms with E-state index < -0.39 is 29.7 Å². The zero-order chi connectivity index (χ0) is 13.7. The van der Waals surface area contributed by atoms with Gasteiger partial charge in [-0.2, -0.15) is 5.26 Å². The lowest BCUT2D eigenvalue weighted by atomic mass is 9.99. The van der Waals surface area contributed by atoms with Crippen molar-refractivity contribution in [3.8, 4) is 17.9 Å². The molecule has 0 aliphatic heterocycles. The highest BCUT2D eigenvalue weighted by Crippen LogP contribution is 2.16. The molecule has 0 saturated heterocycles. The number of aliphatic hydroxyl groups is 1. The van der Waals surface area contributed by atoms with E-state index in [9.17, 15) is 9.59 Å². The van der Waals surface area contributed by atoms with E-state index >= 15 is 0 Å². The minimum atomic E-state index is -1.44. The first-order valence-electron chi connectivity index (χ1n) is 4.65. The van der Waals surface area contributed by atoms with E-state index in [1.165, 1.54) is 0 Å². The lowest BCUT2D eigenvalue weighted by Crippen LogP contribution is -2.09. The van der Waals surface area contributed by atoms with Gasteiger partial charge in [0.1, 0.15) is 12.7 Å². The minimum Gasteiger partial charge on any atom is -0.478 e. The van der Waals surface area contributed by atoms with Crippen LogP contribution < -0.4 is 0 Å². The number of hydrogen-bond acceptors (Lipinski definition) is 4. The van der Waals surface area contributed by atoms with E-state index in [0.29, 0.717) is 0 Å². The topological polar surface area (TPSA) is 119 Å². The fourth-order valence-corrected chi connectivity index (χ4v) is 1.28. The van der Waals surface area contributed by atoms with Crippen LogP contribution in [-0.4, -0.2) is 33.9 Å². The summed E-state index contributed by atoms with van der Waals surface area (Å²) >= 11 is 0.